The lowest BCUT2D eigenvalue weighted by molar-refractivity contribution is -0.133. The summed E-state index contributed by atoms with van der Waals surface area (Å²) in [5, 5.41) is 3.83. The number of carbonyl (C=O) groups excluding carboxylic acids is 1. The summed E-state index contributed by atoms with van der Waals surface area (Å²) in [7, 11) is 0. The Kier molecular flexibility index (Phi) is 5.15. The Balaban J connectivity index is 0.00000176. The van der Waals surface area contributed by atoms with Crippen molar-refractivity contribution in [2.24, 2.45) is 0 Å². The van der Waals surface area contributed by atoms with Gasteiger partial charge in [-0.05, 0) is 19.1 Å². The first kappa shape index (κ1) is 16.5. The van der Waals surface area contributed by atoms with Gasteiger partial charge in [0.05, 0.1) is 17.2 Å². The Morgan fingerprint density at radius 1 is 1.41 bits per heavy atom. The van der Waals surface area contributed by atoms with E-state index in [0.717, 1.165) is 6.54 Å². The summed E-state index contributed by atoms with van der Waals surface area (Å²) in [5.74, 6) is -0.0393. The van der Waals surface area contributed by atoms with E-state index in [1.807, 2.05) is 13.0 Å². The fourth-order valence-corrected chi connectivity index (χ4v) is 2.62. The summed E-state index contributed by atoms with van der Waals surface area (Å²) in [4.78, 5) is 30.7. The van der Waals surface area contributed by atoms with Crippen LogP contribution in [0.4, 0.5) is 0 Å². The van der Waals surface area contributed by atoms with Crippen LogP contribution in [0.15, 0.2) is 35.4 Å². The molecule has 1 aromatic heterocycles. The molecule has 0 bridgehead atoms. The van der Waals surface area contributed by atoms with Gasteiger partial charge in [0, 0.05) is 25.7 Å². The molecule has 2 aromatic rings. The summed E-state index contributed by atoms with van der Waals surface area (Å²) < 4.78 is 1.39. The number of carbonyl (C=O) groups is 1. The second-order valence-electron chi connectivity index (χ2n) is 5.39. The molecule has 1 saturated heterocycles. The van der Waals surface area contributed by atoms with Crippen LogP contribution in [-0.2, 0) is 11.3 Å². The number of piperazine rings is 1. The number of halogens is 1. The maximum atomic E-state index is 12.4. The smallest absolute Gasteiger partial charge is 0.261 e. The molecule has 1 amide bonds. The summed E-state index contributed by atoms with van der Waals surface area (Å²) in [5.41, 5.74) is 0.485. The number of nitrogens with one attached hydrogen (secondary N) is 1. The van der Waals surface area contributed by atoms with Gasteiger partial charge in [-0.15, -0.1) is 12.4 Å². The van der Waals surface area contributed by atoms with E-state index in [9.17, 15) is 9.59 Å². The molecule has 7 heteroatoms. The van der Waals surface area contributed by atoms with Crippen molar-refractivity contribution >= 4 is 29.2 Å². The van der Waals surface area contributed by atoms with Gasteiger partial charge < -0.3 is 10.2 Å². The highest BCUT2D eigenvalue weighted by molar-refractivity contribution is 5.85. The van der Waals surface area contributed by atoms with Crippen molar-refractivity contribution in [3.63, 3.8) is 0 Å². The van der Waals surface area contributed by atoms with Crippen molar-refractivity contribution in [3.05, 3.63) is 40.9 Å². The molecule has 6 nitrogen and oxygen atoms in total. The number of amides is 1. The molecule has 1 atom stereocenters. The number of nitrogens with zero attached hydrogens (tertiary/aromatic N) is 3. The molecule has 0 saturated carbocycles. The Morgan fingerprint density at radius 2 is 2.18 bits per heavy atom. The van der Waals surface area contributed by atoms with Crippen LogP contribution in [0.5, 0.6) is 0 Å². The number of aromatic nitrogens is 2. The van der Waals surface area contributed by atoms with Crippen molar-refractivity contribution in [3.8, 4) is 0 Å². The van der Waals surface area contributed by atoms with Gasteiger partial charge in [0.2, 0.25) is 5.91 Å². The largest absolute Gasteiger partial charge is 0.338 e. The molecule has 2 heterocycles. The molecule has 1 N–H and O–H groups in total. The third-order valence-electron chi connectivity index (χ3n) is 3.76. The van der Waals surface area contributed by atoms with Crippen LogP contribution < -0.4 is 10.9 Å². The van der Waals surface area contributed by atoms with Gasteiger partial charge in [0.25, 0.3) is 5.56 Å². The first-order chi connectivity index (χ1) is 10.1. The monoisotopic (exact) mass is 322 g/mol. The molecule has 1 aliphatic heterocycles. The Hall–Kier alpha value is -1.92. The first-order valence-electron chi connectivity index (χ1n) is 7.10. The lowest BCUT2D eigenvalue weighted by Crippen LogP contribution is -2.52. The second-order valence-corrected chi connectivity index (χ2v) is 5.39. The van der Waals surface area contributed by atoms with Gasteiger partial charge in [-0.1, -0.05) is 12.1 Å². The molecule has 22 heavy (non-hydrogen) atoms. The van der Waals surface area contributed by atoms with Gasteiger partial charge in [-0.2, -0.15) is 0 Å². The van der Waals surface area contributed by atoms with Crippen molar-refractivity contribution in [1.29, 1.82) is 0 Å². The third kappa shape index (κ3) is 3.28. The van der Waals surface area contributed by atoms with Crippen LogP contribution in [0.2, 0.25) is 0 Å². The van der Waals surface area contributed by atoms with Crippen molar-refractivity contribution in [1.82, 2.24) is 19.8 Å². The number of fused-ring (bicyclic) bond motifs is 1. The molecule has 118 valence electrons. The minimum Gasteiger partial charge on any atom is -0.338 e. The zero-order valence-electron chi connectivity index (χ0n) is 12.4. The van der Waals surface area contributed by atoms with Gasteiger partial charge >= 0.3 is 0 Å². The Morgan fingerprint density at radius 3 is 2.95 bits per heavy atom. The normalized spacial score (nSPS) is 18.0. The molecule has 1 fully saturated rings. The standard InChI is InChI=1S/C15H18N4O2.ClH/c1-11-8-18(7-6-16-11)14(20)9-19-10-17-13-5-3-2-4-12(13)15(19)21;/h2-5,10-11,16H,6-9H2,1H3;1H. The minimum absolute atomic E-state index is 0. The summed E-state index contributed by atoms with van der Waals surface area (Å²) in [6.45, 7) is 4.23. The molecule has 0 aliphatic carbocycles. The van der Waals surface area contributed by atoms with E-state index in [0.29, 0.717) is 24.0 Å². The van der Waals surface area contributed by atoms with Crippen LogP contribution in [0.3, 0.4) is 0 Å². The fraction of sp³-hybridized carbons (Fsp3) is 0.400. The van der Waals surface area contributed by atoms with Gasteiger partial charge in [0.15, 0.2) is 0 Å². The predicted octanol–water partition coefficient (Wildman–Crippen LogP) is 0.639. The van der Waals surface area contributed by atoms with Crippen LogP contribution in [-0.4, -0.2) is 46.0 Å². The molecule has 3 rings (SSSR count). The molecule has 1 aliphatic rings. The maximum absolute atomic E-state index is 12.4. The van der Waals surface area contributed by atoms with Crippen LogP contribution in [0, 0.1) is 0 Å². The van der Waals surface area contributed by atoms with E-state index in [1.165, 1.54) is 10.9 Å². The summed E-state index contributed by atoms with van der Waals surface area (Å²) in [6, 6.07) is 7.45. The maximum Gasteiger partial charge on any atom is 0.261 e. The van der Waals surface area contributed by atoms with Gasteiger partial charge in [-0.3, -0.25) is 14.2 Å². The van der Waals surface area contributed by atoms with Crippen LogP contribution in [0.1, 0.15) is 6.92 Å². The Bertz CT molecular complexity index is 731. The lowest BCUT2D eigenvalue weighted by Gasteiger charge is -2.32. The predicted molar refractivity (Wildman–Crippen MR) is 87.3 cm³/mol. The first-order valence-corrected chi connectivity index (χ1v) is 7.10. The summed E-state index contributed by atoms with van der Waals surface area (Å²) >= 11 is 0. The quantitative estimate of drug-likeness (QED) is 0.881. The molecule has 1 unspecified atom stereocenters. The van der Waals surface area contributed by atoms with Gasteiger partial charge in [0.1, 0.15) is 6.54 Å². The third-order valence-corrected chi connectivity index (χ3v) is 3.76. The van der Waals surface area contributed by atoms with E-state index in [1.54, 1.807) is 23.1 Å². The average Bonchev–Trinajstić information content (AvgIpc) is 2.50. The molecular weight excluding hydrogens is 304 g/mol. The number of hydrogen-bond acceptors (Lipinski definition) is 4. The van der Waals surface area contributed by atoms with Crippen molar-refractivity contribution in [2.75, 3.05) is 19.6 Å². The second kappa shape index (κ2) is 6.89. The highest BCUT2D eigenvalue weighted by Crippen LogP contribution is 2.05. The molecular formula is C15H19ClN4O2. The number of rotatable bonds is 2. The zero-order chi connectivity index (χ0) is 14.8. The number of hydrogen-bond donors (Lipinski definition) is 1. The van der Waals surface area contributed by atoms with Crippen LogP contribution in [0.25, 0.3) is 10.9 Å². The van der Waals surface area contributed by atoms with E-state index < -0.39 is 0 Å². The highest BCUT2D eigenvalue weighted by atomic mass is 35.5. The summed E-state index contributed by atoms with van der Waals surface area (Å²) in [6.07, 6.45) is 1.45. The van der Waals surface area contributed by atoms with Crippen LogP contribution >= 0.6 is 12.4 Å². The highest BCUT2D eigenvalue weighted by Gasteiger charge is 2.21. The molecule has 1 aromatic carbocycles. The zero-order valence-corrected chi connectivity index (χ0v) is 13.2. The van der Waals surface area contributed by atoms with Gasteiger partial charge in [-0.25, -0.2) is 4.98 Å². The molecule has 0 spiro atoms. The fourth-order valence-electron chi connectivity index (χ4n) is 2.62. The topological polar surface area (TPSA) is 67.2 Å². The Labute approximate surface area is 134 Å². The van der Waals surface area contributed by atoms with Crippen molar-refractivity contribution in [2.45, 2.75) is 19.5 Å². The van der Waals surface area contributed by atoms with Crippen molar-refractivity contribution < 1.29 is 4.79 Å². The molecule has 0 radical (unpaired) electrons. The number of benzene rings is 1. The van der Waals surface area contributed by atoms with E-state index in [-0.39, 0.29) is 36.5 Å². The van der Waals surface area contributed by atoms with E-state index >= 15 is 0 Å². The minimum atomic E-state index is -0.169. The SMILES string of the molecule is CC1CN(C(=O)Cn2cnc3ccccc3c2=O)CCN1.Cl. The lowest BCUT2D eigenvalue weighted by atomic mass is 10.2. The van der Waals surface area contributed by atoms with E-state index in [2.05, 4.69) is 10.3 Å². The number of para-hydroxylation sites is 1. The average molecular weight is 323 g/mol. The van der Waals surface area contributed by atoms with E-state index in [4.69, 9.17) is 0 Å².